The first-order valence-corrected chi connectivity index (χ1v) is 6.46. The van der Waals surface area contributed by atoms with Gasteiger partial charge in [0.05, 0.1) is 0 Å². The molecule has 0 bridgehead atoms. The monoisotopic (exact) mass is 270 g/mol. The zero-order valence-corrected chi connectivity index (χ0v) is 11.8. The third kappa shape index (κ3) is 3.84. The van der Waals surface area contributed by atoms with Crippen molar-refractivity contribution in [3.05, 3.63) is 17.0 Å². The number of rotatable bonds is 6. The van der Waals surface area contributed by atoms with Crippen molar-refractivity contribution >= 4 is 23.3 Å². The van der Waals surface area contributed by atoms with Gasteiger partial charge in [-0.3, -0.25) is 4.79 Å². The van der Waals surface area contributed by atoms with Gasteiger partial charge in [0, 0.05) is 31.6 Å². The van der Waals surface area contributed by atoms with E-state index in [1.165, 1.54) is 6.33 Å². The molecule has 0 radical (unpaired) electrons. The number of anilines is 1. The molecule has 0 saturated carbocycles. The zero-order chi connectivity index (χ0) is 13.5. The molecule has 1 aromatic heterocycles. The van der Waals surface area contributed by atoms with Gasteiger partial charge in [-0.25, -0.2) is 9.97 Å². The first-order chi connectivity index (χ1) is 8.60. The van der Waals surface area contributed by atoms with E-state index in [1.807, 2.05) is 25.7 Å². The lowest BCUT2D eigenvalue weighted by atomic mass is 10.3. The maximum absolute atomic E-state index is 11.8. The SMILES string of the molecule is CCN(CC)C(=O)CCNc1ncnc(Cl)c1C. The van der Waals surface area contributed by atoms with Gasteiger partial charge >= 0.3 is 0 Å². The number of amides is 1. The highest BCUT2D eigenvalue weighted by molar-refractivity contribution is 6.30. The number of hydrogen-bond acceptors (Lipinski definition) is 4. The molecule has 0 aliphatic rings. The average molecular weight is 271 g/mol. The minimum atomic E-state index is 0.144. The molecule has 1 heterocycles. The molecular weight excluding hydrogens is 252 g/mol. The third-order valence-corrected chi connectivity index (χ3v) is 3.15. The van der Waals surface area contributed by atoms with Gasteiger partial charge in [0.15, 0.2) is 0 Å². The van der Waals surface area contributed by atoms with Crippen LogP contribution in [0.3, 0.4) is 0 Å². The Labute approximate surface area is 113 Å². The third-order valence-electron chi connectivity index (χ3n) is 2.77. The fourth-order valence-corrected chi connectivity index (χ4v) is 1.76. The van der Waals surface area contributed by atoms with E-state index in [0.717, 1.165) is 18.7 Å². The summed E-state index contributed by atoms with van der Waals surface area (Å²) in [6.07, 6.45) is 1.85. The van der Waals surface area contributed by atoms with E-state index in [4.69, 9.17) is 11.6 Å². The molecule has 1 aromatic rings. The van der Waals surface area contributed by atoms with Crippen molar-refractivity contribution in [2.75, 3.05) is 25.0 Å². The molecule has 1 amide bonds. The lowest BCUT2D eigenvalue weighted by Gasteiger charge is -2.18. The molecule has 0 atom stereocenters. The molecule has 6 heteroatoms. The Kier molecular flexibility index (Phi) is 5.85. The Bertz CT molecular complexity index is 407. The van der Waals surface area contributed by atoms with Crippen molar-refractivity contribution in [2.24, 2.45) is 0 Å². The first kappa shape index (κ1) is 14.7. The number of carbonyl (C=O) groups is 1. The van der Waals surface area contributed by atoms with Gasteiger partial charge in [0.25, 0.3) is 0 Å². The van der Waals surface area contributed by atoms with Crippen LogP contribution in [0.4, 0.5) is 5.82 Å². The summed E-state index contributed by atoms with van der Waals surface area (Å²) < 4.78 is 0. The quantitative estimate of drug-likeness (QED) is 0.805. The van der Waals surface area contributed by atoms with Crippen molar-refractivity contribution < 1.29 is 4.79 Å². The smallest absolute Gasteiger partial charge is 0.224 e. The van der Waals surface area contributed by atoms with Crippen LogP contribution in [0.2, 0.25) is 5.15 Å². The summed E-state index contributed by atoms with van der Waals surface area (Å²) in [5.41, 5.74) is 0.800. The van der Waals surface area contributed by atoms with E-state index in [2.05, 4.69) is 15.3 Å². The predicted molar refractivity (Wildman–Crippen MR) is 72.8 cm³/mol. The van der Waals surface area contributed by atoms with Crippen LogP contribution in [0, 0.1) is 6.92 Å². The molecule has 0 unspecified atom stereocenters. The second-order valence-corrected chi connectivity index (χ2v) is 4.24. The van der Waals surface area contributed by atoms with E-state index in [9.17, 15) is 4.79 Å². The number of aromatic nitrogens is 2. The molecule has 1 N–H and O–H groups in total. The van der Waals surface area contributed by atoms with Crippen LogP contribution in [0.5, 0.6) is 0 Å². The Morgan fingerprint density at radius 1 is 1.39 bits per heavy atom. The van der Waals surface area contributed by atoms with E-state index in [0.29, 0.717) is 23.9 Å². The van der Waals surface area contributed by atoms with Crippen LogP contribution in [0.25, 0.3) is 0 Å². The molecule has 0 aliphatic heterocycles. The van der Waals surface area contributed by atoms with Crippen molar-refractivity contribution in [3.8, 4) is 0 Å². The lowest BCUT2D eigenvalue weighted by molar-refractivity contribution is -0.130. The highest BCUT2D eigenvalue weighted by atomic mass is 35.5. The summed E-state index contributed by atoms with van der Waals surface area (Å²) in [4.78, 5) is 21.5. The van der Waals surface area contributed by atoms with Crippen LogP contribution >= 0.6 is 11.6 Å². The van der Waals surface area contributed by atoms with Gasteiger partial charge in [-0.2, -0.15) is 0 Å². The van der Waals surface area contributed by atoms with Gasteiger partial charge in [0.2, 0.25) is 5.91 Å². The summed E-state index contributed by atoms with van der Waals surface area (Å²) in [6, 6.07) is 0. The Balaban J connectivity index is 2.47. The number of carbonyl (C=O) groups excluding carboxylic acids is 1. The molecule has 5 nitrogen and oxygen atoms in total. The maximum Gasteiger partial charge on any atom is 0.224 e. The van der Waals surface area contributed by atoms with Crippen LogP contribution in [0.1, 0.15) is 25.8 Å². The maximum atomic E-state index is 11.8. The first-order valence-electron chi connectivity index (χ1n) is 6.08. The summed E-state index contributed by atoms with van der Waals surface area (Å²) in [6.45, 7) is 7.83. The standard InChI is InChI=1S/C12H19ClN4O/c1-4-17(5-2)10(18)6-7-14-12-9(3)11(13)15-8-16-12/h8H,4-7H2,1-3H3,(H,14,15,16). The summed E-state index contributed by atoms with van der Waals surface area (Å²) >= 11 is 5.88. The highest BCUT2D eigenvalue weighted by Gasteiger charge is 2.09. The minimum absolute atomic E-state index is 0.144. The van der Waals surface area contributed by atoms with Crippen molar-refractivity contribution in [1.29, 1.82) is 0 Å². The van der Waals surface area contributed by atoms with Gasteiger partial charge < -0.3 is 10.2 Å². The van der Waals surface area contributed by atoms with Crippen LogP contribution in [0.15, 0.2) is 6.33 Å². The molecule has 0 spiro atoms. The number of nitrogens with one attached hydrogen (secondary N) is 1. The summed E-state index contributed by atoms with van der Waals surface area (Å²) in [5.74, 6) is 0.827. The normalized spacial score (nSPS) is 10.2. The fourth-order valence-electron chi connectivity index (χ4n) is 1.63. The lowest BCUT2D eigenvalue weighted by Crippen LogP contribution is -2.31. The fraction of sp³-hybridized carbons (Fsp3) is 0.583. The molecular formula is C12H19ClN4O. The molecule has 1 rings (SSSR count). The molecule has 100 valence electrons. The van der Waals surface area contributed by atoms with Gasteiger partial charge in [-0.15, -0.1) is 0 Å². The molecule has 18 heavy (non-hydrogen) atoms. The van der Waals surface area contributed by atoms with Crippen LogP contribution < -0.4 is 5.32 Å². The van der Waals surface area contributed by atoms with Gasteiger partial charge in [-0.05, 0) is 20.8 Å². The number of halogens is 1. The second-order valence-electron chi connectivity index (χ2n) is 3.88. The Hall–Kier alpha value is -1.36. The molecule has 0 aliphatic carbocycles. The van der Waals surface area contributed by atoms with E-state index < -0.39 is 0 Å². The molecule has 0 aromatic carbocycles. The van der Waals surface area contributed by atoms with Gasteiger partial charge in [0.1, 0.15) is 17.3 Å². The number of hydrogen-bond donors (Lipinski definition) is 1. The predicted octanol–water partition coefficient (Wildman–Crippen LogP) is 2.11. The molecule has 0 fully saturated rings. The van der Waals surface area contributed by atoms with E-state index >= 15 is 0 Å². The summed E-state index contributed by atoms with van der Waals surface area (Å²) in [5, 5.41) is 3.54. The van der Waals surface area contributed by atoms with E-state index in [-0.39, 0.29) is 5.91 Å². The largest absolute Gasteiger partial charge is 0.369 e. The molecule has 0 saturated heterocycles. The average Bonchev–Trinajstić information content (AvgIpc) is 2.36. The Morgan fingerprint density at radius 2 is 2.06 bits per heavy atom. The van der Waals surface area contributed by atoms with Gasteiger partial charge in [-0.1, -0.05) is 11.6 Å². The zero-order valence-electron chi connectivity index (χ0n) is 11.0. The van der Waals surface area contributed by atoms with Crippen LogP contribution in [-0.2, 0) is 4.79 Å². The Morgan fingerprint density at radius 3 is 2.67 bits per heavy atom. The van der Waals surface area contributed by atoms with Crippen molar-refractivity contribution in [1.82, 2.24) is 14.9 Å². The summed E-state index contributed by atoms with van der Waals surface area (Å²) in [7, 11) is 0. The van der Waals surface area contributed by atoms with Crippen molar-refractivity contribution in [2.45, 2.75) is 27.2 Å². The second kappa shape index (κ2) is 7.16. The number of nitrogens with zero attached hydrogens (tertiary/aromatic N) is 3. The highest BCUT2D eigenvalue weighted by Crippen LogP contribution is 2.17. The van der Waals surface area contributed by atoms with Crippen molar-refractivity contribution in [3.63, 3.8) is 0 Å². The van der Waals surface area contributed by atoms with Crippen LogP contribution in [-0.4, -0.2) is 40.4 Å². The topological polar surface area (TPSA) is 58.1 Å². The van der Waals surface area contributed by atoms with E-state index in [1.54, 1.807) is 0 Å². The minimum Gasteiger partial charge on any atom is -0.369 e.